The zero-order valence-corrected chi connectivity index (χ0v) is 10.1. The maximum Gasteiger partial charge on any atom is 0.291 e. The van der Waals surface area contributed by atoms with E-state index in [1.165, 1.54) is 0 Å². The topological polar surface area (TPSA) is 125 Å². The van der Waals surface area contributed by atoms with Gasteiger partial charge in [0.15, 0.2) is 5.82 Å². The number of rotatable bonds is 5. The fourth-order valence-corrected chi connectivity index (χ4v) is 1.42. The van der Waals surface area contributed by atoms with Crippen LogP contribution in [0.3, 0.4) is 0 Å². The highest BCUT2D eigenvalue weighted by Crippen LogP contribution is 2.04. The molecule has 2 heterocycles. The van der Waals surface area contributed by atoms with Gasteiger partial charge in [0.1, 0.15) is 5.82 Å². The molecule has 18 heavy (non-hydrogen) atoms. The molecule has 9 nitrogen and oxygen atoms in total. The Morgan fingerprint density at radius 1 is 1.44 bits per heavy atom. The zero-order chi connectivity index (χ0) is 13.0. The van der Waals surface area contributed by atoms with Crippen molar-refractivity contribution in [3.8, 4) is 0 Å². The number of hydrogen-bond donors (Lipinski definition) is 3. The van der Waals surface area contributed by atoms with E-state index in [-0.39, 0.29) is 17.8 Å². The van der Waals surface area contributed by atoms with Crippen LogP contribution in [-0.4, -0.2) is 41.7 Å². The lowest BCUT2D eigenvalue weighted by atomic mass is 10.3. The number of tetrazole rings is 1. The molecule has 0 fully saturated rings. The molecule has 0 radical (unpaired) electrons. The Labute approximate surface area is 103 Å². The number of nitrogens with zero attached hydrogens (tertiary/aromatic N) is 5. The van der Waals surface area contributed by atoms with Gasteiger partial charge in [0.25, 0.3) is 5.91 Å². The van der Waals surface area contributed by atoms with Gasteiger partial charge in [0.05, 0.1) is 6.04 Å². The van der Waals surface area contributed by atoms with Gasteiger partial charge in [-0.15, -0.1) is 15.3 Å². The summed E-state index contributed by atoms with van der Waals surface area (Å²) in [6.07, 6.45) is 1.70. The Kier molecular flexibility index (Phi) is 3.60. The molecule has 2 rings (SSSR count). The molecule has 0 spiro atoms. The van der Waals surface area contributed by atoms with Crippen LogP contribution in [0.5, 0.6) is 0 Å². The molecule has 1 atom stereocenters. The maximum atomic E-state index is 11.8. The van der Waals surface area contributed by atoms with Gasteiger partial charge in [-0.05, 0) is 13.3 Å². The monoisotopic (exact) mass is 250 g/mol. The van der Waals surface area contributed by atoms with Crippen LogP contribution in [0.15, 0.2) is 0 Å². The second kappa shape index (κ2) is 5.34. The third-order valence-corrected chi connectivity index (χ3v) is 2.32. The Morgan fingerprint density at radius 3 is 2.94 bits per heavy atom. The highest BCUT2D eigenvalue weighted by atomic mass is 16.2. The van der Waals surface area contributed by atoms with Crippen LogP contribution in [0.4, 0.5) is 0 Å². The van der Waals surface area contributed by atoms with Crippen molar-refractivity contribution in [3.05, 3.63) is 17.5 Å². The molecule has 0 aliphatic heterocycles. The molecule has 3 N–H and O–H groups in total. The van der Waals surface area contributed by atoms with E-state index in [0.29, 0.717) is 11.6 Å². The minimum atomic E-state index is -0.370. The quantitative estimate of drug-likeness (QED) is 0.672. The van der Waals surface area contributed by atoms with Crippen molar-refractivity contribution >= 4 is 5.91 Å². The molecule has 0 aliphatic rings. The van der Waals surface area contributed by atoms with E-state index in [1.54, 1.807) is 6.92 Å². The van der Waals surface area contributed by atoms with E-state index in [9.17, 15) is 4.79 Å². The average molecular weight is 250 g/mol. The van der Waals surface area contributed by atoms with E-state index in [0.717, 1.165) is 12.8 Å². The van der Waals surface area contributed by atoms with Gasteiger partial charge in [-0.2, -0.15) is 5.21 Å². The number of carbonyl (C=O) groups is 1. The molecule has 96 valence electrons. The predicted octanol–water partition coefficient (Wildman–Crippen LogP) is -0.239. The van der Waals surface area contributed by atoms with Crippen molar-refractivity contribution in [1.29, 1.82) is 0 Å². The molecule has 1 unspecified atom stereocenters. The predicted molar refractivity (Wildman–Crippen MR) is 60.4 cm³/mol. The summed E-state index contributed by atoms with van der Waals surface area (Å²) < 4.78 is 0. The first-order valence-electron chi connectivity index (χ1n) is 5.66. The van der Waals surface area contributed by atoms with Crippen molar-refractivity contribution in [2.24, 2.45) is 0 Å². The number of aromatic amines is 2. The molecule has 0 saturated heterocycles. The van der Waals surface area contributed by atoms with Gasteiger partial charge >= 0.3 is 0 Å². The van der Waals surface area contributed by atoms with Crippen LogP contribution in [0.1, 0.15) is 48.6 Å². The minimum absolute atomic E-state index is 0.119. The van der Waals surface area contributed by atoms with E-state index in [2.05, 4.69) is 41.1 Å². The normalized spacial score (nSPS) is 12.3. The molecule has 1 amide bonds. The lowest BCUT2D eigenvalue weighted by Gasteiger charge is -2.06. The SMILES string of the molecule is CCCc1nc(C(=O)NC(C)c2nn[nH]n2)n[nH]1. The summed E-state index contributed by atoms with van der Waals surface area (Å²) in [6.45, 7) is 3.78. The highest BCUT2D eigenvalue weighted by molar-refractivity contribution is 5.90. The second-order valence-corrected chi connectivity index (χ2v) is 3.82. The zero-order valence-electron chi connectivity index (χ0n) is 10.1. The van der Waals surface area contributed by atoms with Gasteiger partial charge in [-0.25, -0.2) is 4.98 Å². The molecule has 2 aromatic heterocycles. The minimum Gasteiger partial charge on any atom is -0.339 e. The summed E-state index contributed by atoms with van der Waals surface area (Å²) in [5, 5.41) is 22.6. The van der Waals surface area contributed by atoms with Gasteiger partial charge in [-0.1, -0.05) is 12.1 Å². The van der Waals surface area contributed by atoms with Crippen LogP contribution < -0.4 is 5.32 Å². The fraction of sp³-hybridized carbons (Fsp3) is 0.556. The lowest BCUT2D eigenvalue weighted by Crippen LogP contribution is -2.28. The van der Waals surface area contributed by atoms with Crippen LogP contribution >= 0.6 is 0 Å². The van der Waals surface area contributed by atoms with E-state index in [1.807, 2.05) is 6.92 Å². The van der Waals surface area contributed by atoms with Crippen LogP contribution in [0, 0.1) is 0 Å². The van der Waals surface area contributed by atoms with Gasteiger partial charge in [-0.3, -0.25) is 9.89 Å². The van der Waals surface area contributed by atoms with Crippen molar-refractivity contribution in [1.82, 2.24) is 41.1 Å². The molecular weight excluding hydrogens is 236 g/mol. The molecule has 0 saturated carbocycles. The number of carbonyl (C=O) groups excluding carboxylic acids is 1. The van der Waals surface area contributed by atoms with Crippen molar-refractivity contribution < 1.29 is 4.79 Å². The van der Waals surface area contributed by atoms with Crippen molar-refractivity contribution in [2.75, 3.05) is 0 Å². The second-order valence-electron chi connectivity index (χ2n) is 3.82. The highest BCUT2D eigenvalue weighted by Gasteiger charge is 2.17. The van der Waals surface area contributed by atoms with Crippen molar-refractivity contribution in [2.45, 2.75) is 32.7 Å². The first-order valence-corrected chi connectivity index (χ1v) is 5.66. The Bertz CT molecular complexity index is 504. The first-order chi connectivity index (χ1) is 8.70. The number of hydrogen-bond acceptors (Lipinski definition) is 6. The summed E-state index contributed by atoms with van der Waals surface area (Å²) in [5.41, 5.74) is 0. The van der Waals surface area contributed by atoms with Crippen LogP contribution in [0.25, 0.3) is 0 Å². The van der Waals surface area contributed by atoms with E-state index >= 15 is 0 Å². The first kappa shape index (κ1) is 12.1. The summed E-state index contributed by atoms with van der Waals surface area (Å²) in [5.74, 6) is 0.863. The Hall–Kier alpha value is -2.32. The molecule has 0 aliphatic carbocycles. The summed E-state index contributed by atoms with van der Waals surface area (Å²) >= 11 is 0. The van der Waals surface area contributed by atoms with Crippen LogP contribution in [-0.2, 0) is 6.42 Å². The molecule has 0 aromatic carbocycles. The van der Waals surface area contributed by atoms with E-state index in [4.69, 9.17) is 0 Å². The third kappa shape index (κ3) is 2.67. The average Bonchev–Trinajstić information content (AvgIpc) is 3.00. The standard InChI is InChI=1S/C9H14N8O/c1-3-4-6-11-8(13-12-6)9(18)10-5(2)7-14-16-17-15-7/h5H,3-4H2,1-2H3,(H,10,18)(H,11,12,13)(H,14,15,16,17). The van der Waals surface area contributed by atoms with Crippen LogP contribution in [0.2, 0.25) is 0 Å². The van der Waals surface area contributed by atoms with Gasteiger partial charge in [0.2, 0.25) is 5.82 Å². The molecule has 2 aromatic rings. The Balaban J connectivity index is 1.98. The van der Waals surface area contributed by atoms with Gasteiger partial charge < -0.3 is 5.32 Å². The number of amides is 1. The molecule has 0 bridgehead atoms. The smallest absolute Gasteiger partial charge is 0.291 e. The third-order valence-electron chi connectivity index (χ3n) is 2.32. The molecular formula is C9H14N8O. The number of nitrogens with one attached hydrogen (secondary N) is 3. The summed E-state index contributed by atoms with van der Waals surface area (Å²) in [6, 6.07) is -0.357. The maximum absolute atomic E-state index is 11.8. The van der Waals surface area contributed by atoms with E-state index < -0.39 is 0 Å². The number of aryl methyl sites for hydroxylation is 1. The summed E-state index contributed by atoms with van der Waals surface area (Å²) in [7, 11) is 0. The number of H-pyrrole nitrogens is 2. The number of aromatic nitrogens is 7. The fourth-order valence-electron chi connectivity index (χ4n) is 1.42. The van der Waals surface area contributed by atoms with Gasteiger partial charge in [0, 0.05) is 6.42 Å². The largest absolute Gasteiger partial charge is 0.339 e. The summed E-state index contributed by atoms with van der Waals surface area (Å²) in [4.78, 5) is 15.9. The lowest BCUT2D eigenvalue weighted by molar-refractivity contribution is 0.0928. The molecule has 9 heteroatoms. The van der Waals surface area contributed by atoms with Crippen molar-refractivity contribution in [3.63, 3.8) is 0 Å². The Morgan fingerprint density at radius 2 is 2.28 bits per heavy atom.